The third-order valence-electron chi connectivity index (χ3n) is 3.73. The van der Waals surface area contributed by atoms with Gasteiger partial charge in [-0.1, -0.05) is 22.9 Å². The molecule has 20 heavy (non-hydrogen) atoms. The van der Waals surface area contributed by atoms with Crippen molar-refractivity contribution in [3.8, 4) is 0 Å². The van der Waals surface area contributed by atoms with Crippen molar-refractivity contribution in [2.75, 3.05) is 18.4 Å². The Balaban J connectivity index is 1.95. The van der Waals surface area contributed by atoms with Crippen molar-refractivity contribution in [3.05, 3.63) is 10.6 Å². The number of nitrogens with zero attached hydrogens (tertiary/aromatic N) is 2. The molecule has 6 heteroatoms. The van der Waals surface area contributed by atoms with E-state index in [9.17, 15) is 4.79 Å². The summed E-state index contributed by atoms with van der Waals surface area (Å²) in [5, 5.41) is 3.56. The lowest BCUT2D eigenvalue weighted by atomic mass is 9.99. The van der Waals surface area contributed by atoms with Gasteiger partial charge in [-0.25, -0.2) is 4.98 Å². The maximum atomic E-state index is 11.7. The number of amides is 1. The molecule has 1 aliphatic rings. The van der Waals surface area contributed by atoms with Gasteiger partial charge < -0.3 is 5.32 Å². The van der Waals surface area contributed by atoms with Gasteiger partial charge in [0, 0.05) is 11.4 Å². The molecule has 112 valence electrons. The Morgan fingerprint density at radius 2 is 2.20 bits per heavy atom. The molecular weight excluding hydrogens is 338 g/mol. The van der Waals surface area contributed by atoms with Crippen LogP contribution >= 0.6 is 27.3 Å². The highest BCUT2D eigenvalue weighted by Crippen LogP contribution is 2.26. The number of likely N-dealkylation sites (tertiary alicyclic amines) is 1. The molecular formula is C14H22BrN3OS. The molecule has 0 saturated carbocycles. The Kier molecular flexibility index (Phi) is 5.57. The maximum Gasteiger partial charge on any atom is 0.239 e. The second-order valence-corrected chi connectivity index (χ2v) is 8.05. The zero-order valence-corrected chi connectivity index (χ0v) is 14.7. The highest BCUT2D eigenvalue weighted by Gasteiger charge is 2.19. The van der Waals surface area contributed by atoms with Crippen molar-refractivity contribution in [3.63, 3.8) is 0 Å². The molecule has 2 heterocycles. The van der Waals surface area contributed by atoms with Crippen LogP contribution in [0.1, 0.15) is 37.3 Å². The molecule has 1 aromatic heterocycles. The highest BCUT2D eigenvalue weighted by molar-refractivity contribution is 9.10. The number of nitrogens with one attached hydrogen (secondary N) is 1. The predicted octanol–water partition coefficient (Wildman–Crippen LogP) is 3.41. The van der Waals surface area contributed by atoms with Gasteiger partial charge in [-0.3, -0.25) is 9.69 Å². The Morgan fingerprint density at radius 3 is 2.80 bits per heavy atom. The third-order valence-corrected chi connectivity index (χ3v) is 5.20. The Bertz CT molecular complexity index is 467. The second-order valence-electron chi connectivity index (χ2n) is 5.59. The summed E-state index contributed by atoms with van der Waals surface area (Å²) in [6, 6.07) is 0. The van der Waals surface area contributed by atoms with Crippen LogP contribution < -0.4 is 5.32 Å². The van der Waals surface area contributed by atoms with Gasteiger partial charge in [0.1, 0.15) is 0 Å². The number of anilines is 1. The number of alkyl halides is 1. The number of aromatic nitrogens is 1. The van der Waals surface area contributed by atoms with E-state index in [4.69, 9.17) is 0 Å². The first-order valence-corrected chi connectivity index (χ1v) is 8.82. The molecule has 0 aromatic carbocycles. The predicted molar refractivity (Wildman–Crippen MR) is 87.5 cm³/mol. The number of piperidine rings is 1. The molecule has 1 saturated heterocycles. The number of thiazole rings is 1. The van der Waals surface area contributed by atoms with E-state index < -0.39 is 0 Å². The van der Waals surface area contributed by atoms with Crippen molar-refractivity contribution >= 4 is 38.3 Å². The van der Waals surface area contributed by atoms with Gasteiger partial charge in [-0.15, -0.1) is 11.3 Å². The van der Waals surface area contributed by atoms with Crippen LogP contribution in [0.3, 0.4) is 0 Å². The molecule has 1 fully saturated rings. The lowest BCUT2D eigenvalue weighted by Gasteiger charge is -2.29. The van der Waals surface area contributed by atoms with Crippen molar-refractivity contribution < 1.29 is 4.79 Å². The van der Waals surface area contributed by atoms with Crippen LogP contribution in [0.25, 0.3) is 0 Å². The maximum absolute atomic E-state index is 11.7. The summed E-state index contributed by atoms with van der Waals surface area (Å²) in [5.41, 5.74) is 1.03. The van der Waals surface area contributed by atoms with E-state index in [-0.39, 0.29) is 10.7 Å². The van der Waals surface area contributed by atoms with Crippen LogP contribution in [0.4, 0.5) is 5.13 Å². The first kappa shape index (κ1) is 15.9. The quantitative estimate of drug-likeness (QED) is 0.837. The number of rotatable bonds is 4. The highest BCUT2D eigenvalue weighted by atomic mass is 79.9. The van der Waals surface area contributed by atoms with Gasteiger partial charge in [-0.05, 0) is 45.7 Å². The minimum absolute atomic E-state index is 0.0444. The first-order valence-electron chi connectivity index (χ1n) is 7.09. The zero-order chi connectivity index (χ0) is 14.7. The largest absolute Gasteiger partial charge is 0.301 e. The van der Waals surface area contributed by atoms with Crippen molar-refractivity contribution in [1.82, 2.24) is 9.88 Å². The van der Waals surface area contributed by atoms with Crippen LogP contribution in [-0.2, 0) is 11.3 Å². The number of halogens is 1. The van der Waals surface area contributed by atoms with Crippen LogP contribution in [0.15, 0.2) is 0 Å². The lowest BCUT2D eigenvalue weighted by Crippen LogP contribution is -2.32. The van der Waals surface area contributed by atoms with Crippen molar-refractivity contribution in [1.29, 1.82) is 0 Å². The van der Waals surface area contributed by atoms with Crippen LogP contribution in [-0.4, -0.2) is 33.7 Å². The lowest BCUT2D eigenvalue weighted by molar-refractivity contribution is -0.115. The van der Waals surface area contributed by atoms with E-state index in [1.54, 1.807) is 11.3 Å². The molecule has 1 aliphatic heterocycles. The summed E-state index contributed by atoms with van der Waals surface area (Å²) >= 11 is 4.86. The summed E-state index contributed by atoms with van der Waals surface area (Å²) in [4.78, 5) is 19.7. The summed E-state index contributed by atoms with van der Waals surface area (Å²) in [5.74, 6) is 0.807. The number of hydrogen-bond acceptors (Lipinski definition) is 4. The van der Waals surface area contributed by atoms with E-state index in [2.05, 4.69) is 38.1 Å². The van der Waals surface area contributed by atoms with Crippen molar-refractivity contribution in [2.24, 2.45) is 5.92 Å². The molecule has 0 spiro atoms. The molecule has 1 unspecified atom stereocenters. The van der Waals surface area contributed by atoms with E-state index in [1.807, 2.05) is 13.8 Å². The van der Waals surface area contributed by atoms with Gasteiger partial charge in [0.25, 0.3) is 0 Å². The van der Waals surface area contributed by atoms with Crippen LogP contribution in [0, 0.1) is 12.8 Å². The van der Waals surface area contributed by atoms with Gasteiger partial charge in [0.2, 0.25) is 5.91 Å². The van der Waals surface area contributed by atoms with Gasteiger partial charge in [0.05, 0.1) is 10.5 Å². The monoisotopic (exact) mass is 359 g/mol. The van der Waals surface area contributed by atoms with E-state index in [0.717, 1.165) is 18.2 Å². The smallest absolute Gasteiger partial charge is 0.239 e. The number of hydrogen-bond donors (Lipinski definition) is 1. The molecule has 0 aliphatic carbocycles. The Morgan fingerprint density at radius 1 is 1.55 bits per heavy atom. The molecule has 1 atom stereocenters. The third kappa shape index (κ3) is 4.27. The molecule has 0 bridgehead atoms. The molecule has 4 nitrogen and oxygen atoms in total. The van der Waals surface area contributed by atoms with Gasteiger partial charge in [0.15, 0.2) is 5.13 Å². The van der Waals surface area contributed by atoms with Crippen molar-refractivity contribution in [2.45, 2.75) is 45.0 Å². The minimum Gasteiger partial charge on any atom is -0.301 e. The Hall–Kier alpha value is -0.460. The Labute approximate surface area is 133 Å². The molecule has 1 aromatic rings. The number of carbonyl (C=O) groups is 1. The summed E-state index contributed by atoms with van der Waals surface area (Å²) in [6.07, 6.45) is 2.56. The normalized spacial score (nSPS) is 19.0. The SMILES string of the molecule is Cc1nc(NC(=O)C(C)Br)sc1CN1CCC(C)CC1. The first-order chi connectivity index (χ1) is 9.45. The fourth-order valence-corrected chi connectivity index (χ4v) is 3.38. The minimum atomic E-state index is -0.196. The molecule has 0 radical (unpaired) electrons. The zero-order valence-electron chi connectivity index (χ0n) is 12.3. The fourth-order valence-electron chi connectivity index (χ4n) is 2.26. The second kappa shape index (κ2) is 7.00. The van der Waals surface area contributed by atoms with Gasteiger partial charge >= 0.3 is 0 Å². The van der Waals surface area contributed by atoms with E-state index in [0.29, 0.717) is 5.13 Å². The summed E-state index contributed by atoms with van der Waals surface area (Å²) in [7, 11) is 0. The molecule has 1 N–H and O–H groups in total. The summed E-state index contributed by atoms with van der Waals surface area (Å²) in [6.45, 7) is 9.44. The average molecular weight is 360 g/mol. The van der Waals surface area contributed by atoms with Crippen LogP contribution in [0.2, 0.25) is 0 Å². The number of aryl methyl sites for hydroxylation is 1. The molecule has 1 amide bonds. The fraction of sp³-hybridized carbons (Fsp3) is 0.714. The standard InChI is InChI=1S/C14H22BrN3OS/c1-9-4-6-18(7-5-9)8-12-11(3)16-14(20-12)17-13(19)10(2)15/h9-10H,4-8H2,1-3H3,(H,16,17,19). The summed E-state index contributed by atoms with van der Waals surface area (Å²) < 4.78 is 0. The average Bonchev–Trinajstić information content (AvgIpc) is 2.72. The number of carbonyl (C=O) groups excluding carboxylic acids is 1. The van der Waals surface area contributed by atoms with E-state index >= 15 is 0 Å². The van der Waals surface area contributed by atoms with Gasteiger partial charge in [-0.2, -0.15) is 0 Å². The molecule has 2 rings (SSSR count). The van der Waals surface area contributed by atoms with E-state index in [1.165, 1.54) is 30.8 Å². The topological polar surface area (TPSA) is 45.2 Å². The van der Waals surface area contributed by atoms with Crippen LogP contribution in [0.5, 0.6) is 0 Å².